The molecule has 0 aromatic carbocycles. The van der Waals surface area contributed by atoms with Crippen molar-refractivity contribution in [2.75, 3.05) is 0 Å². The summed E-state index contributed by atoms with van der Waals surface area (Å²) in [6, 6.07) is -0.175. The number of rotatable bonds is 11. The van der Waals surface area contributed by atoms with Crippen molar-refractivity contribution < 1.29 is 25.9 Å². The van der Waals surface area contributed by atoms with Crippen LogP contribution in [0.1, 0.15) is 83.1 Å². The molecule has 30 heavy (non-hydrogen) atoms. The fourth-order valence-corrected chi connectivity index (χ4v) is 33.9. The van der Waals surface area contributed by atoms with Crippen LogP contribution in [0.15, 0.2) is 0 Å². The predicted octanol–water partition coefficient (Wildman–Crippen LogP) is 6.36. The summed E-state index contributed by atoms with van der Waals surface area (Å²) < 4.78 is 72.0. The van der Waals surface area contributed by atoms with Gasteiger partial charge in [-0.3, -0.25) is 9.11 Å². The highest BCUT2D eigenvalue weighted by atomic mass is 32.3. The minimum absolute atomic E-state index is 0.0681. The Morgan fingerprint density at radius 3 is 0.933 bits per heavy atom. The molecule has 0 radical (unpaired) electrons. The molecular weight excluding hydrogens is 457 g/mol. The summed E-state index contributed by atoms with van der Waals surface area (Å²) in [5, 5.41) is 0. The van der Waals surface area contributed by atoms with Crippen LogP contribution in [0.4, 0.5) is 0 Å². The molecule has 0 unspecified atom stereocenters. The molecule has 0 fully saturated rings. The summed E-state index contributed by atoms with van der Waals surface area (Å²) in [5.74, 6) is 0. The van der Waals surface area contributed by atoms with Gasteiger partial charge in [-0.2, -0.15) is 16.8 Å². The Morgan fingerprint density at radius 2 is 0.800 bits per heavy atom. The fourth-order valence-electron chi connectivity index (χ4n) is 7.25. The maximum absolute atomic E-state index is 13.3. The lowest BCUT2D eigenvalue weighted by atomic mass is 10.5. The van der Waals surface area contributed by atoms with Gasteiger partial charge >= 0.3 is 0 Å². The van der Waals surface area contributed by atoms with Crippen LogP contribution < -0.4 is 0 Å². The van der Waals surface area contributed by atoms with Gasteiger partial charge in [-0.15, -0.1) is 0 Å². The Bertz CT molecular complexity index is 709. The summed E-state index contributed by atoms with van der Waals surface area (Å²) >= 11 is 0. The Kier molecular flexibility index (Phi) is 9.71. The minimum atomic E-state index is -5.15. The molecule has 0 bridgehead atoms. The van der Waals surface area contributed by atoms with E-state index in [1.807, 2.05) is 83.1 Å². The smallest absolute Gasteiger partial charge is 0.284 e. The van der Waals surface area contributed by atoms with Crippen LogP contribution in [0.2, 0.25) is 39.3 Å². The first-order valence-corrected chi connectivity index (χ1v) is 18.6. The van der Waals surface area contributed by atoms with Crippen LogP contribution in [0, 0.1) is 0 Å². The van der Waals surface area contributed by atoms with Gasteiger partial charge in [-0.25, -0.2) is 0 Å². The van der Waals surface area contributed by atoms with Gasteiger partial charge in [-0.1, -0.05) is 99.7 Å². The van der Waals surface area contributed by atoms with E-state index in [1.54, 1.807) is 0 Å². The minimum Gasteiger partial charge on any atom is -0.285 e. The topological polar surface area (TPSA) is 109 Å². The highest BCUT2D eigenvalue weighted by Crippen LogP contribution is 2.59. The van der Waals surface area contributed by atoms with Crippen molar-refractivity contribution in [3.63, 3.8) is 0 Å². The quantitative estimate of drug-likeness (QED) is 0.251. The first-order valence-electron chi connectivity index (χ1n) is 11.1. The van der Waals surface area contributed by atoms with E-state index in [0.29, 0.717) is 0 Å². The first-order chi connectivity index (χ1) is 13.1. The normalized spacial score (nSPS) is 15.5. The molecule has 2 N–H and O–H groups in total. The van der Waals surface area contributed by atoms with Crippen molar-refractivity contribution in [2.24, 2.45) is 0 Å². The third-order valence-corrected chi connectivity index (χ3v) is 30.7. The lowest BCUT2D eigenvalue weighted by Gasteiger charge is -2.57. The summed E-state index contributed by atoms with van der Waals surface area (Å²) in [5.41, 5.74) is -0.672. The average Bonchev–Trinajstić information content (AvgIpc) is 2.45. The Balaban J connectivity index is 8.04. The van der Waals surface area contributed by atoms with Crippen LogP contribution in [-0.2, 0) is 20.2 Å². The Morgan fingerprint density at radius 1 is 0.567 bits per heavy atom. The summed E-state index contributed by atoms with van der Waals surface area (Å²) in [7, 11) is -16.4. The van der Waals surface area contributed by atoms with E-state index in [4.69, 9.17) is 0 Å². The molecule has 6 nitrogen and oxygen atoms in total. The second-order valence-corrected chi connectivity index (χ2v) is 27.4. The van der Waals surface area contributed by atoms with E-state index in [-0.39, 0.29) is 39.3 Å². The van der Waals surface area contributed by atoms with Gasteiger partial charge in [0.05, 0.1) is 8.07 Å². The third-order valence-electron chi connectivity index (χ3n) is 8.12. The molecule has 0 aliphatic carbocycles. The van der Waals surface area contributed by atoms with Crippen molar-refractivity contribution >= 4 is 36.4 Å². The molecule has 0 saturated heterocycles. The van der Waals surface area contributed by atoms with Gasteiger partial charge < -0.3 is 0 Å². The van der Waals surface area contributed by atoms with Crippen molar-refractivity contribution in [1.82, 2.24) is 0 Å². The molecule has 182 valence electrons. The van der Waals surface area contributed by atoms with Gasteiger partial charge in [0.2, 0.25) is 3.70 Å². The van der Waals surface area contributed by atoms with Gasteiger partial charge in [0.25, 0.3) is 20.2 Å². The van der Waals surface area contributed by atoms with E-state index in [0.717, 1.165) is 0 Å². The number of hydrogen-bond donors (Lipinski definition) is 2. The van der Waals surface area contributed by atoms with Crippen LogP contribution in [-0.4, -0.2) is 45.8 Å². The molecule has 0 saturated carbocycles. The highest BCUT2D eigenvalue weighted by Gasteiger charge is 2.74. The molecule has 0 atom stereocenters. The third kappa shape index (κ3) is 4.38. The SMILES string of the molecule is CC(C)[Si](CC([Si](C(C)C)(C(C)C)C(C)C)(S(=O)(=O)O)S(=O)(=O)O)(C(C)C)C(C)C. The van der Waals surface area contributed by atoms with E-state index in [2.05, 4.69) is 0 Å². The monoisotopic (exact) mass is 502 g/mol. The Labute approximate surface area is 188 Å². The molecule has 0 aliphatic rings. The second-order valence-electron chi connectivity index (χ2n) is 10.9. The highest BCUT2D eigenvalue weighted by molar-refractivity contribution is 8.08. The zero-order valence-electron chi connectivity index (χ0n) is 21.0. The lowest BCUT2D eigenvalue weighted by molar-refractivity contribution is 0.442. The zero-order chi connectivity index (χ0) is 24.7. The molecular formula is C20H46O6S2Si2. The van der Waals surface area contributed by atoms with E-state index in [1.165, 1.54) is 0 Å². The van der Waals surface area contributed by atoms with Gasteiger partial charge in [0.1, 0.15) is 8.07 Å². The van der Waals surface area contributed by atoms with Crippen molar-refractivity contribution in [3.8, 4) is 0 Å². The summed E-state index contributed by atoms with van der Waals surface area (Å²) in [6.07, 6.45) is 0. The molecule has 0 aromatic rings. The predicted molar refractivity (Wildman–Crippen MR) is 133 cm³/mol. The van der Waals surface area contributed by atoms with E-state index < -0.39 is 40.1 Å². The van der Waals surface area contributed by atoms with E-state index in [9.17, 15) is 25.9 Å². The second kappa shape index (κ2) is 9.63. The maximum atomic E-state index is 13.3. The van der Waals surface area contributed by atoms with Gasteiger partial charge in [0.15, 0.2) is 0 Å². The van der Waals surface area contributed by atoms with Crippen LogP contribution in [0.5, 0.6) is 0 Å². The molecule has 0 aliphatic heterocycles. The summed E-state index contributed by atoms with van der Waals surface area (Å²) in [6.45, 7) is 23.2. The molecule has 0 rings (SSSR count). The van der Waals surface area contributed by atoms with Gasteiger partial charge in [0, 0.05) is 0 Å². The maximum Gasteiger partial charge on any atom is 0.284 e. The molecule has 10 heteroatoms. The fraction of sp³-hybridized carbons (Fsp3) is 1.00. The first kappa shape index (κ1) is 30.3. The van der Waals surface area contributed by atoms with Crippen molar-refractivity contribution in [2.45, 2.75) is 126 Å². The van der Waals surface area contributed by atoms with Crippen LogP contribution in [0.25, 0.3) is 0 Å². The van der Waals surface area contributed by atoms with Crippen LogP contribution >= 0.6 is 0 Å². The zero-order valence-corrected chi connectivity index (χ0v) is 24.6. The number of hydrogen-bond acceptors (Lipinski definition) is 4. The molecule has 0 heterocycles. The largest absolute Gasteiger partial charge is 0.285 e. The van der Waals surface area contributed by atoms with Crippen molar-refractivity contribution in [1.29, 1.82) is 0 Å². The summed E-state index contributed by atoms with van der Waals surface area (Å²) in [4.78, 5) is 0. The van der Waals surface area contributed by atoms with Crippen molar-refractivity contribution in [3.05, 3.63) is 0 Å². The lowest BCUT2D eigenvalue weighted by Crippen LogP contribution is -2.73. The molecule has 0 spiro atoms. The van der Waals surface area contributed by atoms with Crippen LogP contribution in [0.3, 0.4) is 0 Å². The standard InChI is InChI=1S/C20H46O6S2Si2/c1-14(2)29(15(3)4,16(5)6)13-20(27(21,22)23,28(24,25)26)30(17(7)8,18(9)10)19(11)12/h14-19H,13H2,1-12H3,(H,21,22,23)(H,24,25,26). The molecule has 0 aromatic heterocycles. The Hall–Kier alpha value is 0.254. The average molecular weight is 503 g/mol. The van der Waals surface area contributed by atoms with E-state index >= 15 is 0 Å². The molecule has 0 amide bonds. The van der Waals surface area contributed by atoms with Gasteiger partial charge in [-0.05, 0) is 22.7 Å².